The Hall–Kier alpha value is -0.830. The van der Waals surface area contributed by atoms with Crippen LogP contribution in [0.3, 0.4) is 0 Å². The largest absolute Gasteiger partial charge is 0.481 e. The zero-order chi connectivity index (χ0) is 14.9. The number of hydrogen-bond acceptors (Lipinski definition) is 6. The number of carboxylic acid groups (broad SMARTS) is 2. The van der Waals surface area contributed by atoms with Crippen LogP contribution in [0.5, 0.6) is 0 Å². The number of aliphatic hydroxyl groups is 1. The number of carboxylic acids is 2. The Kier molecular flexibility index (Phi) is 4.90. The topological polar surface area (TPSA) is 116 Å². The summed E-state index contributed by atoms with van der Waals surface area (Å²) in [7, 11) is 0. The van der Waals surface area contributed by atoms with Gasteiger partial charge in [0.25, 0.3) is 0 Å². The van der Waals surface area contributed by atoms with E-state index in [-0.39, 0.29) is 11.4 Å². The molecule has 0 amide bonds. The Morgan fingerprint density at radius 1 is 1.40 bits per heavy atom. The van der Waals surface area contributed by atoms with E-state index in [1.807, 2.05) is 0 Å². The molecule has 0 saturated carbocycles. The molecule has 2 heterocycles. The number of rotatable bonds is 5. The maximum absolute atomic E-state index is 11.3. The minimum absolute atomic E-state index is 0.179. The van der Waals surface area contributed by atoms with E-state index in [2.05, 4.69) is 5.32 Å². The van der Waals surface area contributed by atoms with Crippen LogP contribution in [0, 0.1) is 5.92 Å². The molecule has 0 bridgehead atoms. The highest BCUT2D eigenvalue weighted by Crippen LogP contribution is 2.38. The van der Waals surface area contributed by atoms with Crippen molar-refractivity contribution in [3.63, 3.8) is 0 Å². The van der Waals surface area contributed by atoms with E-state index < -0.39 is 35.4 Å². The fourth-order valence-corrected chi connectivity index (χ4v) is 4.53. The molecule has 20 heavy (non-hydrogen) atoms. The molecule has 0 unspecified atom stereocenters. The summed E-state index contributed by atoms with van der Waals surface area (Å²) in [5, 5.41) is 29.9. The standard InChI is InChI=1S/C12H19NO6S/c1-5(14)7(11(15)16)10-13-8(12(17)18)9(20-10)6-3-2-4-19-6/h5-10,13-14H,2-4H2,1H3,(H,15,16)(H,17,18)/t5-,6-,7-,8-,9-,10-/m1/s1. The van der Waals surface area contributed by atoms with E-state index in [9.17, 15) is 24.9 Å². The number of thioether (sulfide) groups is 1. The summed E-state index contributed by atoms with van der Waals surface area (Å²) in [5.74, 6) is -3.20. The Balaban J connectivity index is 2.14. The molecule has 2 aliphatic heterocycles. The van der Waals surface area contributed by atoms with Crippen molar-refractivity contribution in [3.8, 4) is 0 Å². The van der Waals surface area contributed by atoms with Crippen molar-refractivity contribution in [2.75, 3.05) is 6.61 Å². The van der Waals surface area contributed by atoms with Gasteiger partial charge in [-0.05, 0) is 19.8 Å². The third-order valence-corrected chi connectivity index (χ3v) is 5.32. The van der Waals surface area contributed by atoms with Gasteiger partial charge >= 0.3 is 11.9 Å². The molecule has 0 spiro atoms. The number of carbonyl (C=O) groups is 2. The monoisotopic (exact) mass is 305 g/mol. The third kappa shape index (κ3) is 3.08. The maximum Gasteiger partial charge on any atom is 0.321 e. The summed E-state index contributed by atoms with van der Waals surface area (Å²) < 4.78 is 5.53. The molecule has 4 N–H and O–H groups in total. The molecular weight excluding hydrogens is 286 g/mol. The van der Waals surface area contributed by atoms with Gasteiger partial charge in [0.05, 0.1) is 22.8 Å². The van der Waals surface area contributed by atoms with E-state index in [0.29, 0.717) is 6.61 Å². The van der Waals surface area contributed by atoms with Crippen molar-refractivity contribution in [3.05, 3.63) is 0 Å². The highest BCUT2D eigenvalue weighted by atomic mass is 32.2. The highest BCUT2D eigenvalue weighted by molar-refractivity contribution is 8.00. The van der Waals surface area contributed by atoms with Gasteiger partial charge in [-0.25, -0.2) is 0 Å². The molecule has 2 fully saturated rings. The van der Waals surface area contributed by atoms with Crippen LogP contribution in [-0.2, 0) is 14.3 Å². The lowest BCUT2D eigenvalue weighted by molar-refractivity contribution is -0.146. The second-order valence-corrected chi connectivity index (χ2v) is 6.48. The molecule has 114 valence electrons. The molecule has 0 aromatic heterocycles. The Labute approximate surface area is 120 Å². The molecule has 0 aromatic rings. The van der Waals surface area contributed by atoms with Crippen LogP contribution in [0.1, 0.15) is 19.8 Å². The first kappa shape index (κ1) is 15.6. The van der Waals surface area contributed by atoms with E-state index in [0.717, 1.165) is 12.8 Å². The lowest BCUT2D eigenvalue weighted by Crippen LogP contribution is -2.47. The molecule has 0 aliphatic carbocycles. The van der Waals surface area contributed by atoms with Crippen LogP contribution in [0.25, 0.3) is 0 Å². The zero-order valence-electron chi connectivity index (χ0n) is 11.1. The van der Waals surface area contributed by atoms with Crippen LogP contribution in [0.4, 0.5) is 0 Å². The normalized spacial score (nSPS) is 36.7. The van der Waals surface area contributed by atoms with Gasteiger partial charge in [-0.3, -0.25) is 14.9 Å². The van der Waals surface area contributed by atoms with Crippen molar-refractivity contribution >= 4 is 23.7 Å². The van der Waals surface area contributed by atoms with Gasteiger partial charge in [0.2, 0.25) is 0 Å². The molecule has 0 aromatic carbocycles. The van der Waals surface area contributed by atoms with E-state index >= 15 is 0 Å². The summed E-state index contributed by atoms with van der Waals surface area (Å²) in [4.78, 5) is 22.6. The number of aliphatic hydroxyl groups excluding tert-OH is 1. The van der Waals surface area contributed by atoms with Gasteiger partial charge in [-0.15, -0.1) is 11.8 Å². The van der Waals surface area contributed by atoms with Crippen molar-refractivity contribution in [1.29, 1.82) is 0 Å². The smallest absolute Gasteiger partial charge is 0.321 e. The molecule has 0 radical (unpaired) electrons. The van der Waals surface area contributed by atoms with E-state index in [1.165, 1.54) is 18.7 Å². The van der Waals surface area contributed by atoms with E-state index in [4.69, 9.17) is 4.74 Å². The SMILES string of the molecule is C[C@@H](O)[C@@H](C(=O)O)[C@@H]1N[C@@H](C(=O)O)[C@@H]([C@H]2CCCO2)S1. The first-order valence-electron chi connectivity index (χ1n) is 6.58. The minimum Gasteiger partial charge on any atom is -0.481 e. The summed E-state index contributed by atoms with van der Waals surface area (Å²) in [6.45, 7) is 2.01. The minimum atomic E-state index is -1.14. The third-order valence-electron chi connectivity index (χ3n) is 3.70. The molecule has 8 heteroatoms. The lowest BCUT2D eigenvalue weighted by Gasteiger charge is -2.22. The van der Waals surface area contributed by atoms with Crippen LogP contribution in [0.2, 0.25) is 0 Å². The fraction of sp³-hybridized carbons (Fsp3) is 0.833. The average Bonchev–Trinajstić information content (AvgIpc) is 2.94. The fourth-order valence-electron chi connectivity index (χ4n) is 2.71. The summed E-state index contributed by atoms with van der Waals surface area (Å²) in [5.41, 5.74) is 0. The lowest BCUT2D eigenvalue weighted by atomic mass is 10.0. The predicted molar refractivity (Wildman–Crippen MR) is 71.5 cm³/mol. The number of hydrogen-bond donors (Lipinski definition) is 4. The van der Waals surface area contributed by atoms with Gasteiger partial charge in [0, 0.05) is 6.61 Å². The first-order valence-corrected chi connectivity index (χ1v) is 7.53. The summed E-state index contributed by atoms with van der Waals surface area (Å²) in [6.07, 6.45) is 0.428. The number of nitrogens with one attached hydrogen (secondary N) is 1. The highest BCUT2D eigenvalue weighted by Gasteiger charge is 2.49. The molecule has 2 rings (SSSR count). The van der Waals surface area contributed by atoms with Gasteiger partial charge in [0.15, 0.2) is 0 Å². The Morgan fingerprint density at radius 3 is 2.55 bits per heavy atom. The second-order valence-electron chi connectivity index (χ2n) is 5.16. The first-order chi connectivity index (χ1) is 9.41. The van der Waals surface area contributed by atoms with Gasteiger partial charge in [0.1, 0.15) is 12.0 Å². The van der Waals surface area contributed by atoms with Crippen molar-refractivity contribution in [2.24, 2.45) is 5.92 Å². The van der Waals surface area contributed by atoms with Crippen LogP contribution >= 0.6 is 11.8 Å². The van der Waals surface area contributed by atoms with Crippen LogP contribution < -0.4 is 5.32 Å². The average molecular weight is 305 g/mol. The van der Waals surface area contributed by atoms with Gasteiger partial charge in [-0.2, -0.15) is 0 Å². The molecule has 2 aliphatic rings. The summed E-state index contributed by atoms with van der Waals surface area (Å²) in [6, 6.07) is -0.853. The van der Waals surface area contributed by atoms with Crippen molar-refractivity contribution < 1.29 is 29.6 Å². The number of aliphatic carboxylic acids is 2. The van der Waals surface area contributed by atoms with Crippen molar-refractivity contribution in [2.45, 2.75) is 48.6 Å². The molecule has 7 nitrogen and oxygen atoms in total. The predicted octanol–water partition coefficient (Wildman–Crippen LogP) is -0.269. The van der Waals surface area contributed by atoms with E-state index in [1.54, 1.807) is 0 Å². The zero-order valence-corrected chi connectivity index (χ0v) is 11.9. The van der Waals surface area contributed by atoms with Crippen molar-refractivity contribution in [1.82, 2.24) is 5.32 Å². The second kappa shape index (κ2) is 6.30. The quantitative estimate of drug-likeness (QED) is 0.548. The summed E-state index contributed by atoms with van der Waals surface area (Å²) >= 11 is 1.25. The van der Waals surface area contributed by atoms with Crippen LogP contribution in [0.15, 0.2) is 0 Å². The van der Waals surface area contributed by atoms with Crippen LogP contribution in [-0.4, -0.2) is 62.7 Å². The Bertz CT molecular complexity index is 384. The van der Waals surface area contributed by atoms with Gasteiger partial charge < -0.3 is 20.1 Å². The molecular formula is C12H19NO6S. The van der Waals surface area contributed by atoms with Gasteiger partial charge in [-0.1, -0.05) is 0 Å². The Morgan fingerprint density at radius 2 is 2.10 bits per heavy atom. The molecule has 6 atom stereocenters. The molecule has 2 saturated heterocycles. The number of ether oxygens (including phenoxy) is 1. The maximum atomic E-state index is 11.3.